The molecule has 0 saturated heterocycles. The van der Waals surface area contributed by atoms with E-state index in [0.29, 0.717) is 24.0 Å². The van der Waals surface area contributed by atoms with Crippen LogP contribution in [0, 0.1) is 0 Å². The number of anilines is 1. The molecule has 1 heterocycles. The number of guanidine groups is 1. The van der Waals surface area contributed by atoms with Gasteiger partial charge in [0.1, 0.15) is 17.9 Å². The third kappa shape index (κ3) is 3.43. The maximum atomic E-state index is 5.94. The maximum absolute atomic E-state index is 5.94. The monoisotopic (exact) mass is 325 g/mol. The van der Waals surface area contributed by atoms with Crippen molar-refractivity contribution in [2.75, 3.05) is 19.5 Å². The standard InChI is InChI=1S/C18H19N3O3/c1-22-16-8-7-13(10-17(16)23-2)21-18(19)20-11-14-9-12-5-3-4-6-15(12)24-14/h3-10H,11H2,1-2H3,(H3,19,20,21). The molecule has 0 unspecified atom stereocenters. The van der Waals surface area contributed by atoms with E-state index >= 15 is 0 Å². The fourth-order valence-electron chi connectivity index (χ4n) is 2.38. The van der Waals surface area contributed by atoms with Crippen LogP contribution < -0.4 is 20.5 Å². The second-order valence-corrected chi connectivity index (χ2v) is 5.15. The van der Waals surface area contributed by atoms with Crippen LogP contribution in [0.4, 0.5) is 5.69 Å². The highest BCUT2D eigenvalue weighted by Crippen LogP contribution is 2.29. The molecule has 0 aliphatic carbocycles. The van der Waals surface area contributed by atoms with Crippen molar-refractivity contribution in [3.8, 4) is 11.5 Å². The molecule has 3 N–H and O–H groups in total. The van der Waals surface area contributed by atoms with Crippen molar-refractivity contribution in [3.63, 3.8) is 0 Å². The Kier molecular flexibility index (Phi) is 4.56. The SMILES string of the molecule is COc1ccc(NC(N)=NCc2cc3ccccc3o2)cc1OC. The van der Waals surface area contributed by atoms with Crippen LogP contribution in [0.25, 0.3) is 11.0 Å². The van der Waals surface area contributed by atoms with E-state index in [1.807, 2.05) is 36.4 Å². The van der Waals surface area contributed by atoms with Crippen LogP contribution >= 0.6 is 0 Å². The van der Waals surface area contributed by atoms with E-state index < -0.39 is 0 Å². The molecule has 0 radical (unpaired) electrons. The normalized spacial score (nSPS) is 11.5. The van der Waals surface area contributed by atoms with Gasteiger partial charge in [0.25, 0.3) is 0 Å². The lowest BCUT2D eigenvalue weighted by molar-refractivity contribution is 0.355. The van der Waals surface area contributed by atoms with E-state index in [1.165, 1.54) is 0 Å². The minimum Gasteiger partial charge on any atom is -0.493 e. The third-order valence-electron chi connectivity index (χ3n) is 3.54. The van der Waals surface area contributed by atoms with Gasteiger partial charge in [-0.25, -0.2) is 4.99 Å². The molecular weight excluding hydrogens is 306 g/mol. The number of nitrogens with zero attached hydrogens (tertiary/aromatic N) is 1. The number of methoxy groups -OCH3 is 2. The fraction of sp³-hybridized carbons (Fsp3) is 0.167. The summed E-state index contributed by atoms with van der Waals surface area (Å²) in [6.45, 7) is 0.362. The van der Waals surface area contributed by atoms with Gasteiger partial charge in [-0.15, -0.1) is 0 Å². The second kappa shape index (κ2) is 6.95. The molecule has 0 bridgehead atoms. The zero-order valence-corrected chi connectivity index (χ0v) is 13.6. The van der Waals surface area contributed by atoms with Gasteiger partial charge < -0.3 is 24.9 Å². The molecule has 124 valence electrons. The number of aliphatic imine (C=N–C) groups is 1. The van der Waals surface area contributed by atoms with E-state index in [4.69, 9.17) is 19.6 Å². The number of hydrogen-bond acceptors (Lipinski definition) is 4. The quantitative estimate of drug-likeness (QED) is 0.555. The van der Waals surface area contributed by atoms with Gasteiger partial charge in [0, 0.05) is 17.1 Å². The predicted molar refractivity (Wildman–Crippen MR) is 94.7 cm³/mol. The number of nitrogens with two attached hydrogens (primary N) is 1. The Bertz CT molecular complexity index is 838. The Labute approximate surface area is 139 Å². The number of para-hydroxylation sites is 1. The summed E-state index contributed by atoms with van der Waals surface area (Å²) in [6.07, 6.45) is 0. The van der Waals surface area contributed by atoms with Crippen molar-refractivity contribution in [1.82, 2.24) is 0 Å². The van der Waals surface area contributed by atoms with E-state index in [1.54, 1.807) is 26.4 Å². The van der Waals surface area contributed by atoms with Crippen molar-refractivity contribution in [1.29, 1.82) is 0 Å². The maximum Gasteiger partial charge on any atom is 0.193 e. The van der Waals surface area contributed by atoms with Crippen molar-refractivity contribution in [3.05, 3.63) is 54.3 Å². The summed E-state index contributed by atoms with van der Waals surface area (Å²) in [5, 5.41) is 4.07. The van der Waals surface area contributed by atoms with Gasteiger partial charge in [0.15, 0.2) is 17.5 Å². The summed E-state index contributed by atoms with van der Waals surface area (Å²) in [4.78, 5) is 4.30. The number of hydrogen-bond donors (Lipinski definition) is 2. The lowest BCUT2D eigenvalue weighted by Gasteiger charge is -2.10. The van der Waals surface area contributed by atoms with Crippen LogP contribution in [0.15, 0.2) is 57.9 Å². The number of benzene rings is 2. The highest BCUT2D eigenvalue weighted by molar-refractivity contribution is 5.92. The third-order valence-corrected chi connectivity index (χ3v) is 3.54. The molecule has 3 rings (SSSR count). The molecule has 0 aliphatic rings. The molecule has 0 aliphatic heterocycles. The Hall–Kier alpha value is -3.15. The van der Waals surface area contributed by atoms with E-state index in [0.717, 1.165) is 22.4 Å². The van der Waals surface area contributed by atoms with Gasteiger partial charge in [-0.2, -0.15) is 0 Å². The molecule has 0 saturated carbocycles. The zero-order valence-electron chi connectivity index (χ0n) is 13.6. The van der Waals surface area contributed by atoms with Crippen molar-refractivity contribution < 1.29 is 13.9 Å². The average molecular weight is 325 g/mol. The summed E-state index contributed by atoms with van der Waals surface area (Å²) in [6, 6.07) is 15.2. The van der Waals surface area contributed by atoms with Crippen molar-refractivity contribution >= 4 is 22.6 Å². The summed E-state index contributed by atoms with van der Waals surface area (Å²) in [7, 11) is 3.18. The topological polar surface area (TPSA) is 82.0 Å². The van der Waals surface area contributed by atoms with Gasteiger partial charge in [-0.05, 0) is 24.3 Å². The lowest BCUT2D eigenvalue weighted by atomic mass is 10.2. The van der Waals surface area contributed by atoms with Crippen molar-refractivity contribution in [2.24, 2.45) is 10.7 Å². The Morgan fingerprint density at radius 2 is 1.88 bits per heavy atom. The van der Waals surface area contributed by atoms with E-state index in [-0.39, 0.29) is 0 Å². The Morgan fingerprint density at radius 3 is 2.62 bits per heavy atom. The molecule has 0 amide bonds. The first-order chi connectivity index (χ1) is 11.7. The molecule has 3 aromatic rings. The van der Waals surface area contributed by atoms with Crippen LogP contribution in [-0.2, 0) is 6.54 Å². The first-order valence-electron chi connectivity index (χ1n) is 7.46. The largest absolute Gasteiger partial charge is 0.493 e. The average Bonchev–Trinajstić information content (AvgIpc) is 3.03. The molecule has 2 aromatic carbocycles. The summed E-state index contributed by atoms with van der Waals surface area (Å²) in [5.41, 5.74) is 7.54. The van der Waals surface area contributed by atoms with Gasteiger partial charge in [-0.3, -0.25) is 0 Å². The summed E-state index contributed by atoms with van der Waals surface area (Å²) in [5.74, 6) is 2.32. The molecular formula is C18H19N3O3. The van der Waals surface area contributed by atoms with E-state index in [2.05, 4.69) is 10.3 Å². The molecule has 6 nitrogen and oxygen atoms in total. The molecule has 0 spiro atoms. The fourth-order valence-corrected chi connectivity index (χ4v) is 2.38. The number of nitrogens with one attached hydrogen (secondary N) is 1. The first kappa shape index (κ1) is 15.7. The molecule has 6 heteroatoms. The summed E-state index contributed by atoms with van der Waals surface area (Å²) >= 11 is 0. The minimum absolute atomic E-state index is 0.294. The lowest BCUT2D eigenvalue weighted by Crippen LogP contribution is -2.22. The van der Waals surface area contributed by atoms with Crippen LogP contribution in [-0.4, -0.2) is 20.2 Å². The number of ether oxygens (including phenoxy) is 2. The Morgan fingerprint density at radius 1 is 1.08 bits per heavy atom. The van der Waals surface area contributed by atoms with Crippen LogP contribution in [0.3, 0.4) is 0 Å². The van der Waals surface area contributed by atoms with Crippen LogP contribution in [0.2, 0.25) is 0 Å². The van der Waals surface area contributed by atoms with Gasteiger partial charge in [0.2, 0.25) is 0 Å². The smallest absolute Gasteiger partial charge is 0.193 e. The molecule has 24 heavy (non-hydrogen) atoms. The van der Waals surface area contributed by atoms with Gasteiger partial charge in [0.05, 0.1) is 14.2 Å². The zero-order chi connectivity index (χ0) is 16.9. The van der Waals surface area contributed by atoms with E-state index in [9.17, 15) is 0 Å². The van der Waals surface area contributed by atoms with Crippen molar-refractivity contribution in [2.45, 2.75) is 6.54 Å². The second-order valence-electron chi connectivity index (χ2n) is 5.15. The van der Waals surface area contributed by atoms with Gasteiger partial charge in [-0.1, -0.05) is 18.2 Å². The minimum atomic E-state index is 0.294. The van der Waals surface area contributed by atoms with Gasteiger partial charge >= 0.3 is 0 Å². The van der Waals surface area contributed by atoms with Crippen LogP contribution in [0.1, 0.15) is 5.76 Å². The molecule has 0 atom stereocenters. The first-order valence-corrected chi connectivity index (χ1v) is 7.46. The highest BCUT2D eigenvalue weighted by Gasteiger charge is 2.06. The number of fused-ring (bicyclic) bond motifs is 1. The predicted octanol–water partition coefficient (Wildman–Crippen LogP) is 3.38. The molecule has 1 aromatic heterocycles. The summed E-state index contributed by atoms with van der Waals surface area (Å²) < 4.78 is 16.2. The molecule has 0 fully saturated rings. The number of rotatable bonds is 5. The Balaban J connectivity index is 1.69. The van der Waals surface area contributed by atoms with Crippen LogP contribution in [0.5, 0.6) is 11.5 Å². The number of furan rings is 1. The highest BCUT2D eigenvalue weighted by atomic mass is 16.5.